The van der Waals surface area contributed by atoms with Crippen LogP contribution >= 0.6 is 0 Å². The Labute approximate surface area is 182 Å². The Hall–Kier alpha value is -3.39. The minimum atomic E-state index is -0.992. The number of nitrogens with zero attached hydrogens (tertiary/aromatic N) is 1. The van der Waals surface area contributed by atoms with Crippen LogP contribution in [0.2, 0.25) is 0 Å². The van der Waals surface area contributed by atoms with Crippen LogP contribution in [-0.4, -0.2) is 43.6 Å². The minimum Gasteiger partial charge on any atom is -0.496 e. The van der Waals surface area contributed by atoms with Crippen molar-refractivity contribution in [2.24, 2.45) is 5.10 Å². The van der Waals surface area contributed by atoms with Gasteiger partial charge in [0.15, 0.2) is 0 Å². The molecule has 8 heteroatoms. The van der Waals surface area contributed by atoms with Gasteiger partial charge in [-0.2, -0.15) is 5.10 Å². The maximum atomic E-state index is 12.6. The highest BCUT2D eigenvalue weighted by atomic mass is 16.6. The van der Waals surface area contributed by atoms with Crippen molar-refractivity contribution >= 4 is 18.2 Å². The molecule has 0 aliphatic heterocycles. The molecule has 2 aromatic carbocycles. The van der Waals surface area contributed by atoms with Crippen LogP contribution in [0.3, 0.4) is 0 Å². The van der Waals surface area contributed by atoms with Crippen LogP contribution in [0, 0.1) is 0 Å². The molecule has 31 heavy (non-hydrogen) atoms. The third-order valence-corrected chi connectivity index (χ3v) is 3.92. The van der Waals surface area contributed by atoms with Crippen molar-refractivity contribution in [2.75, 3.05) is 13.7 Å². The molecule has 2 N–H and O–H groups in total. The molecule has 2 aromatic rings. The lowest BCUT2D eigenvalue weighted by Gasteiger charge is -2.22. The molecule has 0 aliphatic carbocycles. The molecule has 0 heterocycles. The zero-order chi connectivity index (χ0) is 22.7. The molecule has 2 amide bonds. The molecule has 0 aromatic heterocycles. The molecule has 0 radical (unpaired) electrons. The first-order valence-electron chi connectivity index (χ1n) is 9.85. The Morgan fingerprint density at radius 2 is 1.74 bits per heavy atom. The highest BCUT2D eigenvalue weighted by molar-refractivity contribution is 5.88. The number of rotatable bonds is 9. The Bertz CT molecular complexity index is 878. The number of hydrazone groups is 1. The highest BCUT2D eigenvalue weighted by Crippen LogP contribution is 2.14. The first-order chi connectivity index (χ1) is 14.8. The van der Waals surface area contributed by atoms with E-state index in [1.54, 1.807) is 40.0 Å². The van der Waals surface area contributed by atoms with Crippen LogP contribution in [0.4, 0.5) is 4.79 Å². The van der Waals surface area contributed by atoms with E-state index in [0.29, 0.717) is 17.9 Å². The van der Waals surface area contributed by atoms with Gasteiger partial charge in [-0.05, 0) is 38.5 Å². The van der Waals surface area contributed by atoms with Crippen molar-refractivity contribution in [1.29, 1.82) is 0 Å². The number of alkyl carbamates (subject to hydrolysis) is 1. The van der Waals surface area contributed by atoms with Crippen LogP contribution in [0.25, 0.3) is 0 Å². The summed E-state index contributed by atoms with van der Waals surface area (Å²) in [4.78, 5) is 24.8. The van der Waals surface area contributed by atoms with Crippen molar-refractivity contribution in [3.05, 3.63) is 65.7 Å². The van der Waals surface area contributed by atoms with Crippen molar-refractivity contribution < 1.29 is 23.8 Å². The summed E-state index contributed by atoms with van der Waals surface area (Å²) in [6, 6.07) is 15.8. The zero-order valence-electron chi connectivity index (χ0n) is 18.3. The van der Waals surface area contributed by atoms with Crippen molar-refractivity contribution in [3.8, 4) is 5.75 Å². The summed E-state index contributed by atoms with van der Waals surface area (Å²) in [6.07, 6.45) is 0.746. The van der Waals surface area contributed by atoms with Gasteiger partial charge in [0.1, 0.15) is 17.4 Å². The van der Waals surface area contributed by atoms with Gasteiger partial charge in [-0.1, -0.05) is 42.5 Å². The van der Waals surface area contributed by atoms with Gasteiger partial charge in [0, 0.05) is 5.56 Å². The Balaban J connectivity index is 2.00. The summed E-state index contributed by atoms with van der Waals surface area (Å²) in [7, 11) is 1.55. The van der Waals surface area contributed by atoms with Gasteiger partial charge >= 0.3 is 6.09 Å². The SMILES string of the molecule is COc1ccccc1/C=N\NC(=O)[C@H](COCc1ccccc1)NC(=O)OC(C)(C)C. The van der Waals surface area contributed by atoms with E-state index < -0.39 is 23.6 Å². The first-order valence-corrected chi connectivity index (χ1v) is 9.85. The molecular weight excluding hydrogens is 398 g/mol. The summed E-state index contributed by atoms with van der Waals surface area (Å²) >= 11 is 0. The molecule has 166 valence electrons. The van der Waals surface area contributed by atoms with E-state index in [1.807, 2.05) is 42.5 Å². The highest BCUT2D eigenvalue weighted by Gasteiger charge is 2.24. The number of methoxy groups -OCH3 is 1. The van der Waals surface area contributed by atoms with Crippen molar-refractivity contribution in [1.82, 2.24) is 10.7 Å². The summed E-state index contributed by atoms with van der Waals surface area (Å²) in [6.45, 7) is 5.47. The molecule has 1 atom stereocenters. The quantitative estimate of drug-likeness (QED) is 0.473. The third-order valence-electron chi connectivity index (χ3n) is 3.92. The van der Waals surface area contributed by atoms with E-state index in [-0.39, 0.29) is 6.61 Å². The number of hydrogen-bond donors (Lipinski definition) is 2. The number of hydrogen-bond acceptors (Lipinski definition) is 6. The monoisotopic (exact) mass is 427 g/mol. The molecule has 2 rings (SSSR count). The van der Waals surface area contributed by atoms with Gasteiger partial charge < -0.3 is 19.5 Å². The van der Waals surface area contributed by atoms with E-state index >= 15 is 0 Å². The van der Waals surface area contributed by atoms with Gasteiger partial charge in [0.05, 0.1) is 26.5 Å². The Kier molecular flexibility index (Phi) is 9.02. The second kappa shape index (κ2) is 11.7. The second-order valence-corrected chi connectivity index (χ2v) is 7.68. The fourth-order valence-electron chi connectivity index (χ4n) is 2.52. The maximum absolute atomic E-state index is 12.6. The molecule has 0 unspecified atom stereocenters. The van der Waals surface area contributed by atoms with Crippen molar-refractivity contribution in [2.45, 2.75) is 39.0 Å². The van der Waals surface area contributed by atoms with E-state index in [1.165, 1.54) is 6.21 Å². The number of benzene rings is 2. The summed E-state index contributed by atoms with van der Waals surface area (Å²) in [5, 5.41) is 6.50. The van der Waals surface area contributed by atoms with Gasteiger partial charge in [0.2, 0.25) is 0 Å². The van der Waals surface area contributed by atoms with E-state index in [9.17, 15) is 9.59 Å². The predicted molar refractivity (Wildman–Crippen MR) is 118 cm³/mol. The molecule has 8 nitrogen and oxygen atoms in total. The number of para-hydroxylation sites is 1. The summed E-state index contributed by atoms with van der Waals surface area (Å²) < 4.78 is 16.1. The van der Waals surface area contributed by atoms with Crippen LogP contribution < -0.4 is 15.5 Å². The van der Waals surface area contributed by atoms with E-state index in [2.05, 4.69) is 15.8 Å². The molecule has 0 fully saturated rings. The van der Waals surface area contributed by atoms with E-state index in [0.717, 1.165) is 5.56 Å². The first kappa shape index (κ1) is 23.9. The van der Waals surface area contributed by atoms with Gasteiger partial charge in [-0.25, -0.2) is 10.2 Å². The molecule has 0 saturated heterocycles. The Morgan fingerprint density at radius 1 is 1.06 bits per heavy atom. The zero-order valence-corrected chi connectivity index (χ0v) is 18.3. The number of nitrogens with one attached hydrogen (secondary N) is 2. The molecule has 0 saturated carbocycles. The Morgan fingerprint density at radius 3 is 2.42 bits per heavy atom. The standard InChI is InChI=1S/C23H29N3O5/c1-23(2,3)31-22(28)25-19(16-30-15-17-10-6-5-7-11-17)21(27)26-24-14-18-12-8-9-13-20(18)29-4/h5-14,19H,15-16H2,1-4H3,(H,25,28)(H,26,27)/b24-14-/t19-/m0/s1. The number of ether oxygens (including phenoxy) is 3. The lowest BCUT2D eigenvalue weighted by atomic mass is 10.2. The van der Waals surface area contributed by atoms with Gasteiger partial charge in [-0.15, -0.1) is 0 Å². The van der Waals surface area contributed by atoms with Crippen LogP contribution in [0.1, 0.15) is 31.9 Å². The normalized spacial score (nSPS) is 12.3. The van der Waals surface area contributed by atoms with Crippen LogP contribution in [0.5, 0.6) is 5.75 Å². The summed E-state index contributed by atoms with van der Waals surface area (Å²) in [5.74, 6) is 0.0835. The molecule has 0 spiro atoms. The average molecular weight is 428 g/mol. The number of carbonyl (C=O) groups is 2. The summed E-state index contributed by atoms with van der Waals surface area (Å²) in [5.41, 5.74) is 3.38. The topological polar surface area (TPSA) is 98.3 Å². The lowest BCUT2D eigenvalue weighted by molar-refractivity contribution is -0.124. The fourth-order valence-corrected chi connectivity index (χ4v) is 2.52. The average Bonchev–Trinajstić information content (AvgIpc) is 2.72. The van der Waals surface area contributed by atoms with Crippen LogP contribution in [0.15, 0.2) is 59.7 Å². The number of carbonyl (C=O) groups excluding carboxylic acids is 2. The van der Waals surface area contributed by atoms with E-state index in [4.69, 9.17) is 14.2 Å². The maximum Gasteiger partial charge on any atom is 0.408 e. The molecular formula is C23H29N3O5. The number of amides is 2. The lowest BCUT2D eigenvalue weighted by Crippen LogP contribution is -2.49. The fraction of sp³-hybridized carbons (Fsp3) is 0.348. The third kappa shape index (κ3) is 8.88. The molecule has 0 aliphatic rings. The minimum absolute atomic E-state index is 0.0514. The largest absolute Gasteiger partial charge is 0.496 e. The smallest absolute Gasteiger partial charge is 0.408 e. The van der Waals surface area contributed by atoms with Crippen molar-refractivity contribution in [3.63, 3.8) is 0 Å². The van der Waals surface area contributed by atoms with Gasteiger partial charge in [-0.3, -0.25) is 4.79 Å². The van der Waals surface area contributed by atoms with Crippen LogP contribution in [-0.2, 0) is 20.9 Å². The second-order valence-electron chi connectivity index (χ2n) is 7.68. The predicted octanol–water partition coefficient (Wildman–Crippen LogP) is 3.26. The molecule has 0 bridgehead atoms. The van der Waals surface area contributed by atoms with Gasteiger partial charge in [0.25, 0.3) is 5.91 Å².